The third-order valence-electron chi connectivity index (χ3n) is 2.03. The third-order valence-corrected chi connectivity index (χ3v) is 2.03. The van der Waals surface area contributed by atoms with Gasteiger partial charge in [0.05, 0.1) is 18.4 Å². The van der Waals surface area contributed by atoms with E-state index in [-0.39, 0.29) is 12.5 Å². The molecule has 0 aliphatic heterocycles. The lowest BCUT2D eigenvalue weighted by atomic mass is 10.4. The Morgan fingerprint density at radius 2 is 2.38 bits per heavy atom. The van der Waals surface area contributed by atoms with Crippen LogP contribution in [-0.4, -0.2) is 36.0 Å². The first-order chi connectivity index (χ1) is 7.65. The van der Waals surface area contributed by atoms with Crippen molar-refractivity contribution in [3.63, 3.8) is 0 Å². The molecule has 3 N–H and O–H groups in total. The van der Waals surface area contributed by atoms with Crippen LogP contribution in [0, 0.1) is 0 Å². The number of carbonyl (C=O) groups excluding carboxylic acids is 1. The van der Waals surface area contributed by atoms with Crippen molar-refractivity contribution in [2.75, 3.05) is 30.8 Å². The summed E-state index contributed by atoms with van der Waals surface area (Å²) in [6.45, 7) is 2.93. The minimum Gasteiger partial charge on any atom is -0.394 e. The molecule has 1 aromatic heterocycles. The molecule has 0 saturated heterocycles. The van der Waals surface area contributed by atoms with Gasteiger partial charge in [0.25, 0.3) is 0 Å². The Morgan fingerprint density at radius 1 is 1.62 bits per heavy atom. The number of rotatable bonds is 5. The van der Waals surface area contributed by atoms with E-state index in [9.17, 15) is 4.79 Å². The van der Waals surface area contributed by atoms with Gasteiger partial charge in [-0.1, -0.05) is 6.92 Å². The maximum Gasteiger partial charge on any atom is 0.239 e. The van der Waals surface area contributed by atoms with Gasteiger partial charge < -0.3 is 16.0 Å². The Hall–Kier alpha value is -1.85. The molecule has 88 valence electrons. The van der Waals surface area contributed by atoms with E-state index in [0.717, 1.165) is 6.42 Å². The van der Waals surface area contributed by atoms with E-state index in [0.29, 0.717) is 18.1 Å². The molecule has 0 spiro atoms. The van der Waals surface area contributed by atoms with E-state index in [1.807, 2.05) is 6.92 Å². The zero-order valence-electron chi connectivity index (χ0n) is 9.60. The highest BCUT2D eigenvalue weighted by Gasteiger charge is 2.10. The summed E-state index contributed by atoms with van der Waals surface area (Å²) in [5, 5.41) is 2.79. The fourth-order valence-corrected chi connectivity index (χ4v) is 1.26. The van der Waals surface area contributed by atoms with Crippen molar-refractivity contribution in [2.24, 2.45) is 0 Å². The molecule has 1 aromatic rings. The van der Waals surface area contributed by atoms with Gasteiger partial charge in [-0.2, -0.15) is 0 Å². The van der Waals surface area contributed by atoms with Gasteiger partial charge in [-0.05, 0) is 6.42 Å². The second-order valence-corrected chi connectivity index (χ2v) is 3.51. The molecule has 1 heterocycles. The predicted molar refractivity (Wildman–Crippen MR) is 63.0 cm³/mol. The molecule has 6 heteroatoms. The molecule has 1 amide bonds. The van der Waals surface area contributed by atoms with Crippen molar-refractivity contribution in [2.45, 2.75) is 13.3 Å². The van der Waals surface area contributed by atoms with Crippen LogP contribution in [-0.2, 0) is 4.79 Å². The second-order valence-electron chi connectivity index (χ2n) is 3.51. The lowest BCUT2D eigenvalue weighted by molar-refractivity contribution is -0.119. The summed E-state index contributed by atoms with van der Waals surface area (Å²) >= 11 is 0. The normalized spacial score (nSPS) is 9.88. The molecule has 0 atom stereocenters. The highest BCUT2D eigenvalue weighted by Crippen LogP contribution is 2.15. The molecule has 0 aromatic carbocycles. The maximum absolute atomic E-state index is 11.5. The fraction of sp³-hybridized carbons (Fsp3) is 0.500. The van der Waals surface area contributed by atoms with Crippen LogP contribution < -0.4 is 16.0 Å². The van der Waals surface area contributed by atoms with E-state index >= 15 is 0 Å². The van der Waals surface area contributed by atoms with E-state index < -0.39 is 0 Å². The standard InChI is InChI=1S/C10H17N5O/c1-3-4-13-9(16)6-15(2)10-8(11)5-12-7-14-10/h5,7H,3-4,6,11H2,1-2H3,(H,13,16). The van der Waals surface area contributed by atoms with Crippen molar-refractivity contribution in [1.82, 2.24) is 15.3 Å². The number of carbonyl (C=O) groups is 1. The van der Waals surface area contributed by atoms with Crippen molar-refractivity contribution in [3.05, 3.63) is 12.5 Å². The molecule has 1 rings (SSSR count). The summed E-state index contributed by atoms with van der Waals surface area (Å²) in [4.78, 5) is 21.0. The van der Waals surface area contributed by atoms with Crippen molar-refractivity contribution < 1.29 is 4.79 Å². The first-order valence-electron chi connectivity index (χ1n) is 5.18. The molecular formula is C10H17N5O. The predicted octanol–water partition coefficient (Wildman–Crippen LogP) is 0.0212. The van der Waals surface area contributed by atoms with E-state index in [4.69, 9.17) is 5.73 Å². The van der Waals surface area contributed by atoms with E-state index in [2.05, 4.69) is 15.3 Å². The van der Waals surface area contributed by atoms with Crippen LogP contribution in [0.5, 0.6) is 0 Å². The highest BCUT2D eigenvalue weighted by molar-refractivity contribution is 5.81. The molecule has 0 radical (unpaired) electrons. The molecule has 0 bridgehead atoms. The molecular weight excluding hydrogens is 206 g/mol. The highest BCUT2D eigenvalue weighted by atomic mass is 16.2. The van der Waals surface area contributed by atoms with Crippen molar-refractivity contribution >= 4 is 17.4 Å². The number of amides is 1. The van der Waals surface area contributed by atoms with Crippen LogP contribution in [0.1, 0.15) is 13.3 Å². The molecule has 0 fully saturated rings. The van der Waals surface area contributed by atoms with Crippen LogP contribution in [0.2, 0.25) is 0 Å². The van der Waals surface area contributed by atoms with Gasteiger partial charge in [0.2, 0.25) is 5.91 Å². The second kappa shape index (κ2) is 5.89. The number of nitrogen functional groups attached to an aromatic ring is 1. The number of likely N-dealkylation sites (N-methyl/N-ethyl adjacent to an activating group) is 1. The summed E-state index contributed by atoms with van der Waals surface area (Å²) in [5.74, 6) is 0.531. The quantitative estimate of drug-likeness (QED) is 0.735. The van der Waals surface area contributed by atoms with Gasteiger partial charge in [0, 0.05) is 13.6 Å². The summed E-state index contributed by atoms with van der Waals surface area (Å²) < 4.78 is 0. The Balaban J connectivity index is 2.55. The molecule has 6 nitrogen and oxygen atoms in total. The van der Waals surface area contributed by atoms with Crippen LogP contribution in [0.3, 0.4) is 0 Å². The Kier molecular flexibility index (Phi) is 4.50. The minimum absolute atomic E-state index is 0.0395. The minimum atomic E-state index is -0.0395. The van der Waals surface area contributed by atoms with Crippen LogP contribution in [0.4, 0.5) is 11.5 Å². The topological polar surface area (TPSA) is 84.1 Å². The number of nitrogens with two attached hydrogens (primary N) is 1. The molecule has 0 unspecified atom stereocenters. The first-order valence-corrected chi connectivity index (χ1v) is 5.18. The van der Waals surface area contributed by atoms with E-state index in [1.165, 1.54) is 12.5 Å². The van der Waals surface area contributed by atoms with Crippen LogP contribution in [0.25, 0.3) is 0 Å². The zero-order chi connectivity index (χ0) is 12.0. The number of nitrogens with one attached hydrogen (secondary N) is 1. The molecule has 0 saturated carbocycles. The smallest absolute Gasteiger partial charge is 0.239 e. The first kappa shape index (κ1) is 12.2. The summed E-state index contributed by atoms with van der Waals surface area (Å²) in [5.41, 5.74) is 6.16. The van der Waals surface area contributed by atoms with Gasteiger partial charge in [0.15, 0.2) is 5.82 Å². The Labute approximate surface area is 94.9 Å². The number of nitrogens with zero attached hydrogens (tertiary/aromatic N) is 3. The Bertz CT molecular complexity index is 355. The summed E-state index contributed by atoms with van der Waals surface area (Å²) in [7, 11) is 1.77. The van der Waals surface area contributed by atoms with Crippen molar-refractivity contribution in [1.29, 1.82) is 0 Å². The number of hydrogen-bond donors (Lipinski definition) is 2. The number of hydrogen-bond acceptors (Lipinski definition) is 5. The molecule has 16 heavy (non-hydrogen) atoms. The van der Waals surface area contributed by atoms with Crippen LogP contribution in [0.15, 0.2) is 12.5 Å². The third kappa shape index (κ3) is 3.38. The monoisotopic (exact) mass is 223 g/mol. The fourth-order valence-electron chi connectivity index (χ4n) is 1.26. The SMILES string of the molecule is CCCNC(=O)CN(C)c1ncncc1N. The average Bonchev–Trinajstić information content (AvgIpc) is 2.26. The number of anilines is 2. The lowest BCUT2D eigenvalue weighted by Gasteiger charge is -2.18. The van der Waals surface area contributed by atoms with Crippen LogP contribution >= 0.6 is 0 Å². The lowest BCUT2D eigenvalue weighted by Crippen LogP contribution is -2.36. The maximum atomic E-state index is 11.5. The molecule has 0 aliphatic rings. The Morgan fingerprint density at radius 3 is 3.00 bits per heavy atom. The average molecular weight is 223 g/mol. The summed E-state index contributed by atoms with van der Waals surface area (Å²) in [6, 6.07) is 0. The zero-order valence-corrected chi connectivity index (χ0v) is 9.60. The van der Waals surface area contributed by atoms with Gasteiger partial charge in [0.1, 0.15) is 6.33 Å². The van der Waals surface area contributed by atoms with Gasteiger partial charge in [-0.25, -0.2) is 9.97 Å². The number of aromatic nitrogens is 2. The van der Waals surface area contributed by atoms with Gasteiger partial charge in [-0.15, -0.1) is 0 Å². The van der Waals surface area contributed by atoms with Gasteiger partial charge in [-0.3, -0.25) is 4.79 Å². The van der Waals surface area contributed by atoms with Crippen molar-refractivity contribution in [3.8, 4) is 0 Å². The summed E-state index contributed by atoms with van der Waals surface area (Å²) in [6.07, 6.45) is 3.85. The molecule has 0 aliphatic carbocycles. The largest absolute Gasteiger partial charge is 0.394 e. The van der Waals surface area contributed by atoms with Gasteiger partial charge >= 0.3 is 0 Å². The van der Waals surface area contributed by atoms with E-state index in [1.54, 1.807) is 11.9 Å².